The van der Waals surface area contributed by atoms with Crippen molar-refractivity contribution in [2.45, 2.75) is 55.9 Å². The van der Waals surface area contributed by atoms with Crippen molar-refractivity contribution >= 4 is 16.1 Å². The van der Waals surface area contributed by atoms with Crippen LogP contribution in [0.4, 0.5) is 4.79 Å². The Labute approximate surface area is 236 Å². The van der Waals surface area contributed by atoms with Crippen molar-refractivity contribution in [1.29, 1.82) is 0 Å². The molecule has 4 rings (SSSR count). The van der Waals surface area contributed by atoms with Crippen molar-refractivity contribution in [2.24, 2.45) is 11.8 Å². The van der Waals surface area contributed by atoms with Gasteiger partial charge in [-0.2, -0.15) is 4.31 Å². The van der Waals surface area contributed by atoms with Gasteiger partial charge in [-0.05, 0) is 48.6 Å². The van der Waals surface area contributed by atoms with Crippen molar-refractivity contribution in [3.8, 4) is 5.75 Å². The molecule has 0 radical (unpaired) electrons. The highest BCUT2D eigenvalue weighted by Crippen LogP contribution is 2.29. The molecule has 2 N–H and O–H groups in total. The lowest BCUT2D eigenvalue weighted by Crippen LogP contribution is -2.53. The van der Waals surface area contributed by atoms with Crippen molar-refractivity contribution in [3.05, 3.63) is 60.2 Å². The van der Waals surface area contributed by atoms with E-state index in [1.165, 1.54) is 23.5 Å². The molecule has 40 heavy (non-hydrogen) atoms. The Morgan fingerprint density at radius 2 is 1.82 bits per heavy atom. The van der Waals surface area contributed by atoms with E-state index in [1.807, 2.05) is 44.2 Å². The number of methoxy groups -OCH3 is 1. The van der Waals surface area contributed by atoms with Gasteiger partial charge in [0.15, 0.2) is 6.10 Å². The first-order valence-electron chi connectivity index (χ1n) is 13.7. The number of sulfonamides is 1. The van der Waals surface area contributed by atoms with Gasteiger partial charge in [0.25, 0.3) is 0 Å². The van der Waals surface area contributed by atoms with Gasteiger partial charge in [-0.25, -0.2) is 13.2 Å². The molecule has 2 aromatic carbocycles. The van der Waals surface area contributed by atoms with E-state index >= 15 is 0 Å². The minimum Gasteiger partial charge on any atom is -0.497 e. The number of nitrogens with one attached hydrogen (secondary N) is 1. The number of nitrogens with zero attached hydrogens (tertiary/aromatic N) is 1. The maximum absolute atomic E-state index is 13.6. The quantitative estimate of drug-likeness (QED) is 0.396. The van der Waals surface area contributed by atoms with Gasteiger partial charge in [-0.3, -0.25) is 0 Å². The number of carbonyl (C=O) groups excluding carboxylic acids is 1. The van der Waals surface area contributed by atoms with Gasteiger partial charge >= 0.3 is 6.09 Å². The van der Waals surface area contributed by atoms with E-state index in [1.54, 1.807) is 12.1 Å². The second-order valence-electron chi connectivity index (χ2n) is 10.8. The summed E-state index contributed by atoms with van der Waals surface area (Å²) in [6.45, 7) is 5.20. The lowest BCUT2D eigenvalue weighted by molar-refractivity contribution is -0.112. The van der Waals surface area contributed by atoms with Crippen LogP contribution in [-0.4, -0.2) is 88.3 Å². The van der Waals surface area contributed by atoms with Crippen LogP contribution < -0.4 is 10.1 Å². The number of amides is 1. The minimum absolute atomic E-state index is 0.00335. The molecule has 2 saturated heterocycles. The van der Waals surface area contributed by atoms with E-state index in [-0.39, 0.29) is 49.0 Å². The first-order chi connectivity index (χ1) is 19.2. The zero-order valence-electron chi connectivity index (χ0n) is 23.3. The highest BCUT2D eigenvalue weighted by molar-refractivity contribution is 7.89. The van der Waals surface area contributed by atoms with Crippen LogP contribution in [0.3, 0.4) is 0 Å². The fraction of sp³-hybridized carbons (Fsp3) is 0.552. The summed E-state index contributed by atoms with van der Waals surface area (Å²) < 4.78 is 50.7. The van der Waals surface area contributed by atoms with Crippen LogP contribution in [-0.2, 0) is 30.7 Å². The first kappa shape index (κ1) is 30.3. The standard InChI is InChI=1S/C29H40N2O8S/c1-20(2)16-31(40(34,35)24-11-9-23(36-3)10-12-24)17-26(32)25(15-21-7-5-4-6-8-21)30-29(33)39-27-19-37-18-22-13-14-38-28(22)27/h4-12,20,22,25-28,32H,13-19H2,1-3H3,(H,30,33)/t22?,25-,26+,27?,28?/m0/s1. The number of aliphatic hydroxyl groups excluding tert-OH is 1. The van der Waals surface area contributed by atoms with Crippen LogP contribution in [0.2, 0.25) is 0 Å². The number of aliphatic hydroxyl groups is 1. The number of alkyl carbamates (subject to hydrolysis) is 1. The molecule has 10 nitrogen and oxygen atoms in total. The maximum Gasteiger partial charge on any atom is 0.407 e. The Kier molecular flexibility index (Phi) is 10.4. The second kappa shape index (κ2) is 13.8. The molecule has 2 heterocycles. The average molecular weight is 577 g/mol. The molecule has 0 bridgehead atoms. The second-order valence-corrected chi connectivity index (χ2v) is 12.7. The summed E-state index contributed by atoms with van der Waals surface area (Å²) in [5.74, 6) is 0.721. The zero-order valence-corrected chi connectivity index (χ0v) is 24.1. The fourth-order valence-electron chi connectivity index (χ4n) is 5.16. The van der Waals surface area contributed by atoms with Crippen molar-refractivity contribution in [3.63, 3.8) is 0 Å². The molecule has 5 atom stereocenters. The van der Waals surface area contributed by atoms with Gasteiger partial charge in [0.2, 0.25) is 10.0 Å². The summed E-state index contributed by atoms with van der Waals surface area (Å²) in [4.78, 5) is 13.1. The Bertz CT molecular complexity index is 1190. The highest BCUT2D eigenvalue weighted by Gasteiger charge is 2.41. The third kappa shape index (κ3) is 7.73. The summed E-state index contributed by atoms with van der Waals surface area (Å²) >= 11 is 0. The van der Waals surface area contributed by atoms with Gasteiger partial charge in [-0.15, -0.1) is 0 Å². The Hall–Kier alpha value is -2.70. The molecule has 220 valence electrons. The Balaban J connectivity index is 1.51. The largest absolute Gasteiger partial charge is 0.497 e. The number of ether oxygens (including phenoxy) is 4. The Morgan fingerprint density at radius 1 is 1.10 bits per heavy atom. The summed E-state index contributed by atoms with van der Waals surface area (Å²) in [5, 5.41) is 14.2. The number of hydrogen-bond donors (Lipinski definition) is 2. The van der Waals surface area contributed by atoms with E-state index in [4.69, 9.17) is 18.9 Å². The molecule has 0 aliphatic carbocycles. The summed E-state index contributed by atoms with van der Waals surface area (Å²) in [6.07, 6.45) is -1.57. The van der Waals surface area contributed by atoms with Crippen LogP contribution in [0.1, 0.15) is 25.8 Å². The molecule has 0 spiro atoms. The van der Waals surface area contributed by atoms with Gasteiger partial charge in [0, 0.05) is 25.6 Å². The molecule has 2 aliphatic rings. The third-order valence-corrected chi connectivity index (χ3v) is 9.07. The molecule has 3 unspecified atom stereocenters. The van der Waals surface area contributed by atoms with Crippen LogP contribution in [0.15, 0.2) is 59.5 Å². The van der Waals surface area contributed by atoms with Gasteiger partial charge < -0.3 is 29.4 Å². The smallest absolute Gasteiger partial charge is 0.407 e. The van der Waals surface area contributed by atoms with E-state index in [0.29, 0.717) is 19.0 Å². The lowest BCUT2D eigenvalue weighted by Gasteiger charge is -2.33. The van der Waals surface area contributed by atoms with E-state index in [2.05, 4.69) is 5.32 Å². The van der Waals surface area contributed by atoms with E-state index in [0.717, 1.165) is 12.0 Å². The van der Waals surface area contributed by atoms with Gasteiger partial charge in [0.05, 0.1) is 37.4 Å². The Morgan fingerprint density at radius 3 is 2.50 bits per heavy atom. The summed E-state index contributed by atoms with van der Waals surface area (Å²) in [6, 6.07) is 14.7. The SMILES string of the molecule is COc1ccc(S(=O)(=O)N(CC(C)C)C[C@@H](O)[C@H](Cc2ccccc2)NC(=O)OC2COCC3CCOC32)cc1. The van der Waals surface area contributed by atoms with Gasteiger partial charge in [-0.1, -0.05) is 44.2 Å². The maximum atomic E-state index is 13.6. The predicted molar refractivity (Wildman–Crippen MR) is 149 cm³/mol. The summed E-state index contributed by atoms with van der Waals surface area (Å²) in [5.41, 5.74) is 0.875. The minimum atomic E-state index is -3.94. The number of hydrogen-bond acceptors (Lipinski definition) is 8. The predicted octanol–water partition coefficient (Wildman–Crippen LogP) is 2.84. The van der Waals surface area contributed by atoms with Crippen LogP contribution in [0.25, 0.3) is 0 Å². The van der Waals surface area contributed by atoms with Crippen LogP contribution in [0.5, 0.6) is 5.75 Å². The third-order valence-electron chi connectivity index (χ3n) is 7.23. The number of carbonyl (C=O) groups is 1. The molecule has 2 fully saturated rings. The summed E-state index contributed by atoms with van der Waals surface area (Å²) in [7, 11) is -2.43. The highest BCUT2D eigenvalue weighted by atomic mass is 32.2. The molecule has 1 amide bonds. The van der Waals surface area contributed by atoms with Crippen molar-refractivity contribution in [2.75, 3.05) is 40.0 Å². The molecular weight excluding hydrogens is 536 g/mol. The van der Waals surface area contributed by atoms with Crippen LogP contribution >= 0.6 is 0 Å². The molecule has 0 aromatic heterocycles. The molecule has 0 saturated carbocycles. The van der Waals surface area contributed by atoms with E-state index < -0.39 is 34.4 Å². The molecule has 2 aromatic rings. The monoisotopic (exact) mass is 576 g/mol. The number of rotatable bonds is 12. The number of fused-ring (bicyclic) bond motifs is 1. The normalized spacial score (nSPS) is 22.5. The van der Waals surface area contributed by atoms with Gasteiger partial charge in [0.1, 0.15) is 11.9 Å². The first-order valence-corrected chi connectivity index (χ1v) is 15.1. The van der Waals surface area contributed by atoms with Crippen molar-refractivity contribution in [1.82, 2.24) is 9.62 Å². The average Bonchev–Trinajstić information content (AvgIpc) is 3.43. The van der Waals surface area contributed by atoms with Crippen LogP contribution in [0, 0.1) is 11.8 Å². The molecule has 2 aliphatic heterocycles. The molecular formula is C29H40N2O8S. The topological polar surface area (TPSA) is 124 Å². The fourth-order valence-corrected chi connectivity index (χ4v) is 6.78. The lowest BCUT2D eigenvalue weighted by atomic mass is 9.96. The van der Waals surface area contributed by atoms with E-state index in [9.17, 15) is 18.3 Å². The number of benzene rings is 2. The molecule has 11 heteroatoms. The zero-order chi connectivity index (χ0) is 28.7. The van der Waals surface area contributed by atoms with Crippen molar-refractivity contribution < 1.29 is 37.3 Å².